The minimum atomic E-state index is 0.668. The molecule has 330 valence electrons. The molecule has 57 heavy (non-hydrogen) atoms. The van der Waals surface area contributed by atoms with Crippen molar-refractivity contribution in [2.45, 2.75) is 243 Å². The van der Waals surface area contributed by atoms with Crippen molar-refractivity contribution in [1.82, 2.24) is 4.98 Å². The van der Waals surface area contributed by atoms with Gasteiger partial charge in [0.05, 0.1) is 0 Å². The third kappa shape index (κ3) is 22.0. The molecule has 0 saturated heterocycles. The van der Waals surface area contributed by atoms with E-state index in [-0.39, 0.29) is 0 Å². The van der Waals surface area contributed by atoms with Crippen LogP contribution in [0.5, 0.6) is 0 Å². The van der Waals surface area contributed by atoms with Crippen molar-refractivity contribution >= 4 is 0 Å². The van der Waals surface area contributed by atoms with E-state index in [9.17, 15) is 0 Å². The number of nitrogens with zero attached hydrogens (tertiary/aromatic N) is 1. The fraction of sp³-hybridized carbons (Fsp3) is 0.804. The van der Waals surface area contributed by atoms with Gasteiger partial charge in [-0.2, -0.15) is 0 Å². The zero-order valence-corrected chi connectivity index (χ0v) is 40.7. The molecular formula is C56H101N. The number of pyridine rings is 1. The highest BCUT2D eigenvalue weighted by atomic mass is 14.7. The smallest absolute Gasteiger partial charge is 0.0439 e. The summed E-state index contributed by atoms with van der Waals surface area (Å²) in [5, 5.41) is 0. The van der Waals surface area contributed by atoms with Crippen LogP contribution in [0, 0.1) is 47.3 Å². The summed E-state index contributed by atoms with van der Waals surface area (Å²) in [6, 6.07) is 17.5. The summed E-state index contributed by atoms with van der Waals surface area (Å²) in [5.74, 6) is 8.85. The SMILES string of the molecule is CC(C)C(C1CCCCC1)C1CCCCC1.CC(C)C(c1ccccc1)C1CCCCC1.CC(C)C(c1ccccn1)C1CCCCC1.CCC.CCC.CCC. The lowest BCUT2D eigenvalue weighted by molar-refractivity contribution is 0.102. The van der Waals surface area contributed by atoms with Crippen LogP contribution < -0.4 is 0 Å². The van der Waals surface area contributed by atoms with Crippen molar-refractivity contribution in [3.8, 4) is 0 Å². The quantitative estimate of drug-likeness (QED) is 0.247. The van der Waals surface area contributed by atoms with E-state index in [4.69, 9.17) is 0 Å². The Bertz CT molecular complexity index is 1010. The molecule has 1 nitrogen and oxygen atoms in total. The van der Waals surface area contributed by atoms with Gasteiger partial charge in [-0.15, -0.1) is 0 Å². The predicted molar refractivity (Wildman–Crippen MR) is 258 cm³/mol. The normalized spacial score (nSPS) is 19.3. The lowest BCUT2D eigenvalue weighted by atomic mass is 9.65. The van der Waals surface area contributed by atoms with Crippen LogP contribution in [0.1, 0.15) is 254 Å². The van der Waals surface area contributed by atoms with Crippen LogP contribution in [0.15, 0.2) is 54.7 Å². The van der Waals surface area contributed by atoms with Crippen LogP contribution in [-0.2, 0) is 0 Å². The second-order valence-electron chi connectivity index (χ2n) is 19.7. The summed E-state index contributed by atoms with van der Waals surface area (Å²) in [4.78, 5) is 4.58. The molecule has 4 saturated carbocycles. The topological polar surface area (TPSA) is 12.9 Å². The van der Waals surface area contributed by atoms with E-state index in [1.807, 2.05) is 12.3 Å². The first-order chi connectivity index (χ1) is 27.6. The molecule has 4 aliphatic carbocycles. The number of aromatic nitrogens is 1. The summed E-state index contributed by atoms with van der Waals surface area (Å²) in [5.41, 5.74) is 2.87. The molecule has 2 aromatic rings. The molecule has 1 aromatic carbocycles. The average Bonchev–Trinajstić information content (AvgIpc) is 3.22. The van der Waals surface area contributed by atoms with Gasteiger partial charge < -0.3 is 0 Å². The maximum absolute atomic E-state index is 4.58. The van der Waals surface area contributed by atoms with E-state index < -0.39 is 0 Å². The molecule has 2 unspecified atom stereocenters. The van der Waals surface area contributed by atoms with E-state index in [0.717, 1.165) is 47.3 Å². The predicted octanol–water partition coefficient (Wildman–Crippen LogP) is 19.1. The van der Waals surface area contributed by atoms with E-state index in [2.05, 4.69) is 131 Å². The van der Waals surface area contributed by atoms with Crippen LogP contribution in [0.3, 0.4) is 0 Å². The Labute approximate surface area is 359 Å². The van der Waals surface area contributed by atoms with Gasteiger partial charge >= 0.3 is 0 Å². The van der Waals surface area contributed by atoms with Gasteiger partial charge in [-0.25, -0.2) is 0 Å². The number of hydrogen-bond donors (Lipinski definition) is 0. The maximum atomic E-state index is 4.58. The van der Waals surface area contributed by atoms with Gasteiger partial charge in [-0.05, 0) is 96.6 Å². The Kier molecular flexibility index (Phi) is 32.0. The number of benzene rings is 1. The summed E-state index contributed by atoms with van der Waals surface area (Å²) in [6.45, 7) is 27.2. The van der Waals surface area contributed by atoms with Crippen molar-refractivity contribution in [1.29, 1.82) is 0 Å². The average molecular weight is 788 g/mol. The molecular weight excluding hydrogens is 687 g/mol. The molecule has 0 radical (unpaired) electrons. The van der Waals surface area contributed by atoms with Crippen LogP contribution >= 0.6 is 0 Å². The van der Waals surface area contributed by atoms with Gasteiger partial charge in [0.1, 0.15) is 0 Å². The molecule has 1 aromatic heterocycles. The Balaban J connectivity index is 0.000000386. The Hall–Kier alpha value is -1.63. The summed E-state index contributed by atoms with van der Waals surface area (Å²) < 4.78 is 0. The molecule has 4 aliphatic rings. The molecule has 0 aliphatic heterocycles. The minimum Gasteiger partial charge on any atom is -0.261 e. The van der Waals surface area contributed by atoms with Crippen molar-refractivity contribution in [3.05, 3.63) is 66.0 Å². The second kappa shape index (κ2) is 34.1. The van der Waals surface area contributed by atoms with E-state index in [0.29, 0.717) is 11.8 Å². The largest absolute Gasteiger partial charge is 0.261 e. The molecule has 0 bridgehead atoms. The lowest BCUT2D eigenvalue weighted by Crippen LogP contribution is -2.31. The zero-order valence-electron chi connectivity index (χ0n) is 40.7. The van der Waals surface area contributed by atoms with E-state index in [1.54, 1.807) is 31.2 Å². The Morgan fingerprint density at radius 2 is 0.737 bits per heavy atom. The molecule has 0 amide bonds. The second-order valence-corrected chi connectivity index (χ2v) is 19.7. The van der Waals surface area contributed by atoms with Crippen LogP contribution in [0.4, 0.5) is 0 Å². The zero-order chi connectivity index (χ0) is 42.3. The molecule has 1 heterocycles. The van der Waals surface area contributed by atoms with Crippen molar-refractivity contribution in [2.75, 3.05) is 0 Å². The molecule has 4 fully saturated rings. The fourth-order valence-electron chi connectivity index (χ4n) is 11.1. The molecule has 2 atom stereocenters. The molecule has 1 heteroatoms. The first kappa shape index (κ1) is 53.4. The first-order valence-corrected chi connectivity index (χ1v) is 25.6. The van der Waals surface area contributed by atoms with Gasteiger partial charge in [0.2, 0.25) is 0 Å². The fourth-order valence-corrected chi connectivity index (χ4v) is 11.1. The molecule has 0 N–H and O–H groups in total. The highest BCUT2D eigenvalue weighted by Gasteiger charge is 2.33. The Morgan fingerprint density at radius 3 is 1.05 bits per heavy atom. The van der Waals surface area contributed by atoms with E-state index >= 15 is 0 Å². The van der Waals surface area contributed by atoms with Crippen LogP contribution in [0.2, 0.25) is 0 Å². The summed E-state index contributed by atoms with van der Waals surface area (Å²) in [7, 11) is 0. The van der Waals surface area contributed by atoms with Gasteiger partial charge in [0, 0.05) is 17.8 Å². The van der Waals surface area contributed by atoms with Gasteiger partial charge in [-0.1, -0.05) is 241 Å². The van der Waals surface area contributed by atoms with Crippen molar-refractivity contribution in [3.63, 3.8) is 0 Å². The highest BCUT2D eigenvalue weighted by Crippen LogP contribution is 2.44. The molecule has 0 spiro atoms. The van der Waals surface area contributed by atoms with Gasteiger partial charge in [0.15, 0.2) is 0 Å². The van der Waals surface area contributed by atoms with Crippen molar-refractivity contribution < 1.29 is 0 Å². The monoisotopic (exact) mass is 788 g/mol. The third-order valence-corrected chi connectivity index (χ3v) is 13.1. The maximum Gasteiger partial charge on any atom is 0.0439 e. The van der Waals surface area contributed by atoms with Gasteiger partial charge in [0.25, 0.3) is 0 Å². The standard InChI is InChI=1S/C16H30.C16H24.C15H23N.3C3H8/c2*1-13(2)16(14-9-5-3-6-10-14)15-11-7-4-8-12-15;1-12(2)15(13-8-4-3-5-9-13)14-10-6-7-11-16-14;3*1-3-2/h13-16H,3-12H2,1-2H3;3,5-6,9-10,13,15-16H,4,7-8,11-12H2,1-2H3;6-7,10-13,15H,3-5,8-9H2,1-2H3;3*3H2,1-2H3. The summed E-state index contributed by atoms with van der Waals surface area (Å²) >= 11 is 0. The highest BCUT2D eigenvalue weighted by molar-refractivity contribution is 5.21. The third-order valence-electron chi connectivity index (χ3n) is 13.1. The molecule has 6 rings (SSSR count). The Morgan fingerprint density at radius 1 is 0.404 bits per heavy atom. The van der Waals surface area contributed by atoms with Crippen molar-refractivity contribution in [2.24, 2.45) is 47.3 Å². The van der Waals surface area contributed by atoms with Crippen LogP contribution in [-0.4, -0.2) is 4.98 Å². The summed E-state index contributed by atoms with van der Waals surface area (Å²) in [6.07, 6.45) is 35.2. The lowest BCUT2D eigenvalue weighted by Gasteiger charge is -2.40. The minimum absolute atomic E-state index is 0.668. The van der Waals surface area contributed by atoms with Gasteiger partial charge in [-0.3, -0.25) is 4.98 Å². The van der Waals surface area contributed by atoms with Crippen LogP contribution in [0.25, 0.3) is 0 Å². The number of rotatable bonds is 9. The first-order valence-electron chi connectivity index (χ1n) is 25.6. The number of hydrogen-bond acceptors (Lipinski definition) is 1. The van der Waals surface area contributed by atoms with E-state index in [1.165, 1.54) is 128 Å².